The fourth-order valence-corrected chi connectivity index (χ4v) is 3.24. The Morgan fingerprint density at radius 2 is 2.08 bits per heavy atom. The minimum atomic E-state index is -0.258. The molecule has 1 aromatic heterocycles. The maximum absolute atomic E-state index is 12.5. The molecule has 0 spiro atoms. The van der Waals surface area contributed by atoms with E-state index in [2.05, 4.69) is 11.2 Å². The molecule has 1 aromatic carbocycles. The van der Waals surface area contributed by atoms with E-state index in [4.69, 9.17) is 6.42 Å². The zero-order valence-corrected chi connectivity index (χ0v) is 14.8. The van der Waals surface area contributed by atoms with Gasteiger partial charge in [0.05, 0.1) is 12.5 Å². The van der Waals surface area contributed by atoms with Crippen molar-refractivity contribution >= 4 is 28.8 Å². The molecule has 1 atom stereocenters. The number of aryl methyl sites for hydroxylation is 1. The van der Waals surface area contributed by atoms with Crippen LogP contribution >= 0.6 is 11.3 Å². The Hall–Kier alpha value is -2.58. The molecule has 0 radical (unpaired) electrons. The molecule has 0 saturated carbocycles. The van der Waals surface area contributed by atoms with E-state index in [0.717, 1.165) is 4.88 Å². The first-order valence-electron chi connectivity index (χ1n) is 7.58. The summed E-state index contributed by atoms with van der Waals surface area (Å²) in [6, 6.07) is 11.0. The molecule has 5 heteroatoms. The molecule has 1 unspecified atom stereocenters. The molecule has 2 amide bonds. The molecule has 0 aliphatic heterocycles. The van der Waals surface area contributed by atoms with Gasteiger partial charge in [0.15, 0.2) is 0 Å². The number of carbonyl (C=O) groups excluding carboxylic acids is 2. The van der Waals surface area contributed by atoms with Crippen LogP contribution in [0.2, 0.25) is 0 Å². The van der Waals surface area contributed by atoms with Crippen LogP contribution in [-0.4, -0.2) is 30.3 Å². The lowest BCUT2D eigenvalue weighted by atomic mass is 10.1. The highest BCUT2D eigenvalue weighted by atomic mass is 32.1. The summed E-state index contributed by atoms with van der Waals surface area (Å²) in [5.41, 5.74) is 1.32. The van der Waals surface area contributed by atoms with E-state index in [9.17, 15) is 9.59 Å². The molecule has 4 nitrogen and oxygen atoms in total. The van der Waals surface area contributed by atoms with Crippen molar-refractivity contribution < 1.29 is 9.59 Å². The normalized spacial score (nSPS) is 11.4. The zero-order valence-electron chi connectivity index (χ0n) is 14.0. The molecule has 24 heavy (non-hydrogen) atoms. The number of likely N-dealkylation sites (N-methyl/N-ethyl adjacent to an activating group) is 1. The van der Waals surface area contributed by atoms with Crippen LogP contribution < -0.4 is 5.32 Å². The van der Waals surface area contributed by atoms with Gasteiger partial charge in [-0.3, -0.25) is 9.59 Å². The average Bonchev–Trinajstić information content (AvgIpc) is 2.99. The van der Waals surface area contributed by atoms with Crippen LogP contribution in [0.15, 0.2) is 36.4 Å². The SMILES string of the molecule is C#Cc1cccc(NC(=O)CN(C)C(=O)C(C)c2ccc(C)s2)c1. The van der Waals surface area contributed by atoms with E-state index >= 15 is 0 Å². The molecule has 1 N–H and O–H groups in total. The summed E-state index contributed by atoms with van der Waals surface area (Å²) in [4.78, 5) is 28.2. The van der Waals surface area contributed by atoms with Gasteiger partial charge in [-0.15, -0.1) is 17.8 Å². The van der Waals surface area contributed by atoms with Crippen molar-refractivity contribution in [1.29, 1.82) is 0 Å². The summed E-state index contributed by atoms with van der Waals surface area (Å²) in [6.45, 7) is 3.86. The third-order valence-electron chi connectivity index (χ3n) is 3.63. The Kier molecular flexibility index (Phi) is 5.78. The van der Waals surface area contributed by atoms with E-state index in [1.807, 2.05) is 26.0 Å². The predicted octanol–water partition coefficient (Wildman–Crippen LogP) is 3.24. The van der Waals surface area contributed by atoms with E-state index in [1.165, 1.54) is 9.78 Å². The highest BCUT2D eigenvalue weighted by molar-refractivity contribution is 7.12. The number of rotatable bonds is 5. The van der Waals surface area contributed by atoms with Crippen LogP contribution in [0.25, 0.3) is 0 Å². The van der Waals surface area contributed by atoms with Gasteiger partial charge in [0.25, 0.3) is 0 Å². The molecule has 1 heterocycles. The van der Waals surface area contributed by atoms with Gasteiger partial charge >= 0.3 is 0 Å². The molecule has 0 aliphatic carbocycles. The summed E-state index contributed by atoms with van der Waals surface area (Å²) < 4.78 is 0. The van der Waals surface area contributed by atoms with Gasteiger partial charge in [0, 0.05) is 28.1 Å². The zero-order chi connectivity index (χ0) is 17.7. The summed E-state index contributed by atoms with van der Waals surface area (Å²) in [5.74, 6) is 1.93. The number of hydrogen-bond acceptors (Lipinski definition) is 3. The number of terminal acetylenes is 1. The van der Waals surface area contributed by atoms with Gasteiger partial charge < -0.3 is 10.2 Å². The van der Waals surface area contributed by atoms with Gasteiger partial charge in [-0.05, 0) is 44.2 Å². The Morgan fingerprint density at radius 1 is 1.33 bits per heavy atom. The molecular weight excluding hydrogens is 320 g/mol. The number of amides is 2. The molecule has 2 rings (SSSR count). The van der Waals surface area contributed by atoms with Gasteiger partial charge in [0.1, 0.15) is 0 Å². The molecule has 124 valence electrons. The first-order chi connectivity index (χ1) is 11.4. The molecule has 2 aromatic rings. The number of carbonyl (C=O) groups is 2. The van der Waals surface area contributed by atoms with Crippen molar-refractivity contribution in [3.8, 4) is 12.3 Å². The van der Waals surface area contributed by atoms with Crippen molar-refractivity contribution in [2.24, 2.45) is 0 Å². The van der Waals surface area contributed by atoms with Gasteiger partial charge in [-0.2, -0.15) is 0 Å². The number of nitrogens with zero attached hydrogens (tertiary/aromatic N) is 1. The lowest BCUT2D eigenvalue weighted by Crippen LogP contribution is -2.37. The number of thiophene rings is 1. The quantitative estimate of drug-likeness (QED) is 0.850. The maximum Gasteiger partial charge on any atom is 0.243 e. The third-order valence-corrected chi connectivity index (χ3v) is 4.81. The van der Waals surface area contributed by atoms with Crippen molar-refractivity contribution in [3.05, 3.63) is 51.7 Å². The number of anilines is 1. The highest BCUT2D eigenvalue weighted by Crippen LogP contribution is 2.25. The van der Waals surface area contributed by atoms with E-state index in [0.29, 0.717) is 11.3 Å². The Bertz CT molecular complexity index is 789. The number of benzene rings is 1. The summed E-state index contributed by atoms with van der Waals surface area (Å²) in [6.07, 6.45) is 5.35. The minimum Gasteiger partial charge on any atom is -0.336 e. The molecule has 0 saturated heterocycles. The first-order valence-corrected chi connectivity index (χ1v) is 8.40. The second-order valence-electron chi connectivity index (χ2n) is 5.64. The monoisotopic (exact) mass is 340 g/mol. The fraction of sp³-hybridized carbons (Fsp3) is 0.263. The standard InChI is InChI=1S/C19H20N2O2S/c1-5-15-7-6-8-16(11-15)20-18(22)12-21(4)19(23)14(3)17-10-9-13(2)24-17/h1,6-11,14H,12H2,2-4H3,(H,20,22). The van der Waals surface area contributed by atoms with Crippen molar-refractivity contribution in [1.82, 2.24) is 4.90 Å². The van der Waals surface area contributed by atoms with Gasteiger partial charge in [-0.25, -0.2) is 0 Å². The lowest BCUT2D eigenvalue weighted by molar-refractivity contribution is -0.134. The van der Waals surface area contributed by atoms with Crippen LogP contribution in [0.1, 0.15) is 28.2 Å². The Labute approximate surface area is 146 Å². The Morgan fingerprint density at radius 3 is 2.71 bits per heavy atom. The average molecular weight is 340 g/mol. The third kappa shape index (κ3) is 4.46. The van der Waals surface area contributed by atoms with Crippen LogP contribution in [0.5, 0.6) is 0 Å². The minimum absolute atomic E-state index is 0.00614. The largest absolute Gasteiger partial charge is 0.336 e. The highest BCUT2D eigenvalue weighted by Gasteiger charge is 2.22. The predicted molar refractivity (Wildman–Crippen MR) is 98.1 cm³/mol. The maximum atomic E-state index is 12.5. The summed E-state index contributed by atoms with van der Waals surface area (Å²) in [5, 5.41) is 2.76. The molecule has 0 aliphatic rings. The second kappa shape index (κ2) is 7.80. The van der Waals surface area contributed by atoms with Gasteiger partial charge in [-0.1, -0.05) is 12.0 Å². The topological polar surface area (TPSA) is 49.4 Å². The number of nitrogens with one attached hydrogen (secondary N) is 1. The van der Waals surface area contributed by atoms with Gasteiger partial charge in [0.2, 0.25) is 11.8 Å². The van der Waals surface area contributed by atoms with Crippen LogP contribution in [0.3, 0.4) is 0 Å². The van der Waals surface area contributed by atoms with Crippen LogP contribution in [0.4, 0.5) is 5.69 Å². The molecule has 0 fully saturated rings. The lowest BCUT2D eigenvalue weighted by Gasteiger charge is -2.20. The van der Waals surface area contributed by atoms with E-state index in [1.54, 1.807) is 42.6 Å². The van der Waals surface area contributed by atoms with E-state index in [-0.39, 0.29) is 24.3 Å². The van der Waals surface area contributed by atoms with Crippen LogP contribution in [-0.2, 0) is 9.59 Å². The number of hydrogen-bond donors (Lipinski definition) is 1. The van der Waals surface area contributed by atoms with Crippen LogP contribution in [0, 0.1) is 19.3 Å². The van der Waals surface area contributed by atoms with E-state index < -0.39 is 0 Å². The smallest absolute Gasteiger partial charge is 0.243 e. The second-order valence-corrected chi connectivity index (χ2v) is 6.96. The van der Waals surface area contributed by atoms with Crippen molar-refractivity contribution in [3.63, 3.8) is 0 Å². The fourth-order valence-electron chi connectivity index (χ4n) is 2.32. The first kappa shape index (κ1) is 17.8. The summed E-state index contributed by atoms with van der Waals surface area (Å²) in [7, 11) is 1.64. The Balaban J connectivity index is 1.95. The van der Waals surface area contributed by atoms with Crippen molar-refractivity contribution in [2.45, 2.75) is 19.8 Å². The van der Waals surface area contributed by atoms with Crippen molar-refractivity contribution in [2.75, 3.05) is 18.9 Å². The molecular formula is C19H20N2O2S. The molecule has 0 bridgehead atoms. The summed E-state index contributed by atoms with van der Waals surface area (Å²) >= 11 is 1.60.